The molecule has 0 spiro atoms. The van der Waals surface area contributed by atoms with Crippen molar-refractivity contribution < 1.29 is 19.1 Å². The minimum Gasteiger partial charge on any atom is -0.462 e. The lowest BCUT2D eigenvalue weighted by molar-refractivity contribution is -0.131. The van der Waals surface area contributed by atoms with Crippen LogP contribution in [0.1, 0.15) is 30.1 Å². The molecule has 4 N–H and O–H groups in total. The monoisotopic (exact) mass is 293 g/mol. The van der Waals surface area contributed by atoms with Crippen molar-refractivity contribution in [3.05, 3.63) is 29.8 Å². The Kier molecular flexibility index (Phi) is 6.73. The number of nitrogens with two attached hydrogens (primary N) is 2. The molecule has 7 heteroatoms. The molecule has 0 heterocycles. The molecule has 7 nitrogen and oxygen atoms in total. The minimum atomic E-state index is -0.534. The van der Waals surface area contributed by atoms with E-state index in [1.54, 1.807) is 18.2 Å². The van der Waals surface area contributed by atoms with Crippen LogP contribution in [-0.2, 0) is 9.53 Å². The first kappa shape index (κ1) is 16.5. The molecule has 0 aliphatic heterocycles. The van der Waals surface area contributed by atoms with Crippen LogP contribution in [0.2, 0.25) is 0 Å². The minimum absolute atomic E-state index is 0.0438. The van der Waals surface area contributed by atoms with Crippen molar-refractivity contribution in [2.45, 2.75) is 19.8 Å². The molecule has 0 radical (unpaired) electrons. The lowest BCUT2D eigenvalue weighted by atomic mass is 10.2. The first-order chi connectivity index (χ1) is 10.0. The zero-order valence-electron chi connectivity index (χ0n) is 11.9. The van der Waals surface area contributed by atoms with Crippen LogP contribution in [0.15, 0.2) is 29.3 Å². The Morgan fingerprint density at radius 2 is 1.90 bits per heavy atom. The average Bonchev–Trinajstić information content (AvgIpc) is 2.42. The van der Waals surface area contributed by atoms with Gasteiger partial charge in [-0.15, -0.1) is 0 Å². The summed E-state index contributed by atoms with van der Waals surface area (Å²) in [5.74, 6) is -0.793. The van der Waals surface area contributed by atoms with E-state index in [4.69, 9.17) is 20.9 Å². The van der Waals surface area contributed by atoms with E-state index >= 15 is 0 Å². The van der Waals surface area contributed by atoms with Crippen LogP contribution in [0.3, 0.4) is 0 Å². The maximum absolute atomic E-state index is 11.9. The molecule has 0 aliphatic carbocycles. The number of carbonyl (C=O) groups is 2. The fourth-order valence-corrected chi connectivity index (χ4v) is 1.54. The Balaban J connectivity index is 2.45. The molecule has 0 saturated heterocycles. The molecule has 0 fully saturated rings. The predicted molar refractivity (Wildman–Crippen MR) is 77.9 cm³/mol. The second-order valence-electron chi connectivity index (χ2n) is 4.24. The van der Waals surface area contributed by atoms with Gasteiger partial charge in [-0.2, -0.15) is 0 Å². The Morgan fingerprint density at radius 3 is 2.57 bits per heavy atom. The van der Waals surface area contributed by atoms with Gasteiger partial charge in [0.2, 0.25) is 0 Å². The zero-order chi connectivity index (χ0) is 15.7. The van der Waals surface area contributed by atoms with Gasteiger partial charge in [0.1, 0.15) is 11.3 Å². The number of esters is 2. The van der Waals surface area contributed by atoms with Crippen molar-refractivity contribution in [2.24, 2.45) is 16.5 Å². The molecule has 0 aliphatic rings. The largest absolute Gasteiger partial charge is 0.462 e. The summed E-state index contributed by atoms with van der Waals surface area (Å²) in [5, 5.41) is 0. The molecule has 1 rings (SSSR count). The fourth-order valence-electron chi connectivity index (χ4n) is 1.54. The normalized spacial score (nSPS) is 9.76. The van der Waals surface area contributed by atoms with E-state index in [0.29, 0.717) is 19.4 Å². The number of hydrogen-bond donors (Lipinski definition) is 2. The summed E-state index contributed by atoms with van der Waals surface area (Å²) in [6.07, 6.45) is 1.34. The van der Waals surface area contributed by atoms with Crippen LogP contribution in [0.5, 0.6) is 5.75 Å². The highest BCUT2D eigenvalue weighted by Crippen LogP contribution is 2.19. The Labute approximate surface area is 122 Å². The number of nitrogens with zero attached hydrogens (tertiary/aromatic N) is 1. The topological polar surface area (TPSA) is 117 Å². The summed E-state index contributed by atoms with van der Waals surface area (Å²) < 4.78 is 10.1. The summed E-state index contributed by atoms with van der Waals surface area (Å²) in [5.41, 5.74) is 10.6. The van der Waals surface area contributed by atoms with Crippen LogP contribution >= 0.6 is 0 Å². The number of rotatable bonds is 7. The van der Waals surface area contributed by atoms with Crippen LogP contribution in [0.4, 0.5) is 0 Å². The van der Waals surface area contributed by atoms with Crippen LogP contribution in [0, 0.1) is 0 Å². The van der Waals surface area contributed by atoms with Gasteiger partial charge in [0, 0.05) is 13.5 Å². The van der Waals surface area contributed by atoms with E-state index in [-0.39, 0.29) is 23.9 Å². The quantitative estimate of drug-likeness (QED) is 0.253. The van der Waals surface area contributed by atoms with Crippen molar-refractivity contribution >= 4 is 17.9 Å². The lowest BCUT2D eigenvalue weighted by Gasteiger charge is -2.08. The second-order valence-corrected chi connectivity index (χ2v) is 4.24. The summed E-state index contributed by atoms with van der Waals surface area (Å²) in [6.45, 7) is 2.00. The van der Waals surface area contributed by atoms with Gasteiger partial charge in [-0.25, -0.2) is 4.79 Å². The fraction of sp³-hybridized carbons (Fsp3) is 0.357. The molecular weight excluding hydrogens is 274 g/mol. The number of benzene rings is 1. The van der Waals surface area contributed by atoms with Crippen molar-refractivity contribution in [1.29, 1.82) is 0 Å². The van der Waals surface area contributed by atoms with Crippen LogP contribution in [-0.4, -0.2) is 31.0 Å². The van der Waals surface area contributed by atoms with E-state index in [1.165, 1.54) is 13.0 Å². The SMILES string of the molecule is CC(=O)Oc1ccccc1C(=O)OCCCCN=C(N)N. The van der Waals surface area contributed by atoms with Gasteiger partial charge in [0.25, 0.3) is 0 Å². The number of carbonyl (C=O) groups excluding carboxylic acids is 2. The maximum Gasteiger partial charge on any atom is 0.341 e. The van der Waals surface area contributed by atoms with Crippen molar-refractivity contribution in [3.63, 3.8) is 0 Å². The van der Waals surface area contributed by atoms with Gasteiger partial charge in [-0.05, 0) is 25.0 Å². The van der Waals surface area contributed by atoms with E-state index in [2.05, 4.69) is 4.99 Å². The average molecular weight is 293 g/mol. The van der Waals surface area contributed by atoms with Crippen molar-refractivity contribution in [2.75, 3.05) is 13.2 Å². The molecule has 0 saturated carbocycles. The first-order valence-corrected chi connectivity index (χ1v) is 6.50. The van der Waals surface area contributed by atoms with E-state index in [1.807, 2.05) is 0 Å². The standard InChI is InChI=1S/C14H19N3O4/c1-10(18)21-12-7-3-2-6-11(12)13(19)20-9-5-4-8-17-14(15)16/h2-3,6-7H,4-5,8-9H2,1H3,(H4,15,16,17). The Morgan fingerprint density at radius 1 is 1.19 bits per heavy atom. The number of ether oxygens (including phenoxy) is 2. The van der Waals surface area contributed by atoms with Gasteiger partial charge < -0.3 is 20.9 Å². The van der Waals surface area contributed by atoms with Crippen molar-refractivity contribution in [3.8, 4) is 5.75 Å². The third kappa shape index (κ3) is 6.42. The number of guanidine groups is 1. The summed E-state index contributed by atoms with van der Waals surface area (Å²) in [4.78, 5) is 26.7. The molecule has 0 amide bonds. The van der Waals surface area contributed by atoms with Gasteiger partial charge in [0.05, 0.1) is 6.61 Å². The smallest absolute Gasteiger partial charge is 0.341 e. The maximum atomic E-state index is 11.9. The molecule has 0 aromatic heterocycles. The van der Waals surface area contributed by atoms with Crippen molar-refractivity contribution in [1.82, 2.24) is 0 Å². The highest BCUT2D eigenvalue weighted by molar-refractivity contribution is 5.93. The molecule has 0 unspecified atom stereocenters. The lowest BCUT2D eigenvalue weighted by Crippen LogP contribution is -2.23. The molecule has 114 valence electrons. The first-order valence-electron chi connectivity index (χ1n) is 6.50. The molecule has 1 aromatic rings. The molecule has 0 atom stereocenters. The van der Waals surface area contributed by atoms with E-state index < -0.39 is 11.9 Å². The van der Waals surface area contributed by atoms with Gasteiger partial charge in [-0.1, -0.05) is 12.1 Å². The van der Waals surface area contributed by atoms with E-state index in [9.17, 15) is 9.59 Å². The molecular formula is C14H19N3O4. The molecule has 1 aromatic carbocycles. The summed E-state index contributed by atoms with van der Waals surface area (Å²) in [7, 11) is 0. The highest BCUT2D eigenvalue weighted by atomic mass is 16.5. The highest BCUT2D eigenvalue weighted by Gasteiger charge is 2.14. The summed E-state index contributed by atoms with van der Waals surface area (Å²) >= 11 is 0. The Bertz CT molecular complexity index is 525. The predicted octanol–water partition coefficient (Wildman–Crippen LogP) is 0.822. The zero-order valence-corrected chi connectivity index (χ0v) is 11.9. The second kappa shape index (κ2) is 8.57. The number of para-hydroxylation sites is 1. The summed E-state index contributed by atoms with van der Waals surface area (Å²) in [6, 6.07) is 6.42. The van der Waals surface area contributed by atoms with Gasteiger partial charge in [0.15, 0.2) is 5.96 Å². The third-order valence-corrected chi connectivity index (χ3v) is 2.44. The molecule has 21 heavy (non-hydrogen) atoms. The molecule has 0 bridgehead atoms. The van der Waals surface area contributed by atoms with Gasteiger partial charge in [-0.3, -0.25) is 9.79 Å². The Hall–Kier alpha value is -2.57. The van der Waals surface area contributed by atoms with E-state index in [0.717, 1.165) is 0 Å². The third-order valence-electron chi connectivity index (χ3n) is 2.44. The number of aliphatic imine (C=N–C) groups is 1. The van der Waals surface area contributed by atoms with Crippen LogP contribution < -0.4 is 16.2 Å². The number of hydrogen-bond acceptors (Lipinski definition) is 5. The number of unbranched alkanes of at least 4 members (excludes halogenated alkanes) is 1. The van der Waals surface area contributed by atoms with Crippen LogP contribution in [0.25, 0.3) is 0 Å². The van der Waals surface area contributed by atoms with Gasteiger partial charge >= 0.3 is 11.9 Å².